The molecule has 0 radical (unpaired) electrons. The van der Waals surface area contributed by atoms with E-state index in [1.54, 1.807) is 42.5 Å². The summed E-state index contributed by atoms with van der Waals surface area (Å²) < 4.78 is 5.83. The van der Waals surface area contributed by atoms with Crippen LogP contribution in [0.5, 0.6) is 5.75 Å². The lowest BCUT2D eigenvalue weighted by molar-refractivity contribution is -0.384. The van der Waals surface area contributed by atoms with Gasteiger partial charge in [0.2, 0.25) is 0 Å². The molecular weight excluding hydrogens is 430 g/mol. The van der Waals surface area contributed by atoms with Crippen molar-refractivity contribution in [3.8, 4) is 11.8 Å². The summed E-state index contributed by atoms with van der Waals surface area (Å²) in [6.45, 7) is 1.99. The van der Waals surface area contributed by atoms with Crippen LogP contribution in [0.4, 0.5) is 11.4 Å². The normalized spacial score (nSPS) is 10.8. The SMILES string of the molecule is Cc1ccccc1NC(=O)/C(C#N)=C/c1cc(Cl)ccc1OCc1ccc([N+](=O)[O-])cc1. The van der Waals surface area contributed by atoms with Gasteiger partial charge in [-0.15, -0.1) is 0 Å². The first-order chi connectivity index (χ1) is 15.4. The minimum Gasteiger partial charge on any atom is -0.488 e. The van der Waals surface area contributed by atoms with Crippen molar-refractivity contribution in [2.45, 2.75) is 13.5 Å². The van der Waals surface area contributed by atoms with E-state index in [-0.39, 0.29) is 17.9 Å². The van der Waals surface area contributed by atoms with Crippen LogP contribution in [0.3, 0.4) is 0 Å². The minimum absolute atomic E-state index is 0.0119. The lowest BCUT2D eigenvalue weighted by Crippen LogP contribution is -2.14. The number of hydrogen-bond donors (Lipinski definition) is 1. The van der Waals surface area contributed by atoms with Gasteiger partial charge in [-0.1, -0.05) is 29.8 Å². The summed E-state index contributed by atoms with van der Waals surface area (Å²) in [5, 5.41) is 23.5. The Bertz CT molecular complexity index is 1230. The zero-order valence-corrected chi connectivity index (χ0v) is 17.8. The van der Waals surface area contributed by atoms with Gasteiger partial charge in [0.15, 0.2) is 0 Å². The van der Waals surface area contributed by atoms with Crippen molar-refractivity contribution in [2.24, 2.45) is 0 Å². The number of nitro groups is 1. The number of hydrogen-bond acceptors (Lipinski definition) is 5. The second-order valence-electron chi connectivity index (χ2n) is 6.83. The number of nitrogens with zero attached hydrogens (tertiary/aromatic N) is 2. The van der Waals surface area contributed by atoms with Crippen molar-refractivity contribution in [1.82, 2.24) is 0 Å². The van der Waals surface area contributed by atoms with Gasteiger partial charge in [0.1, 0.15) is 24.0 Å². The van der Waals surface area contributed by atoms with E-state index in [1.165, 1.54) is 18.2 Å². The molecule has 0 fully saturated rings. The molecule has 0 bridgehead atoms. The van der Waals surface area contributed by atoms with Crippen molar-refractivity contribution >= 4 is 35.0 Å². The van der Waals surface area contributed by atoms with E-state index in [2.05, 4.69) is 5.32 Å². The third-order valence-corrected chi connectivity index (χ3v) is 4.81. The number of para-hydroxylation sites is 1. The molecule has 0 atom stereocenters. The Balaban J connectivity index is 1.81. The van der Waals surface area contributed by atoms with Crippen LogP contribution in [0.2, 0.25) is 5.02 Å². The molecule has 0 aromatic heterocycles. The maximum atomic E-state index is 12.6. The van der Waals surface area contributed by atoms with Crippen LogP contribution < -0.4 is 10.1 Å². The van der Waals surface area contributed by atoms with Crippen molar-refractivity contribution < 1.29 is 14.5 Å². The standard InChI is InChI=1S/C24H18ClN3O4/c1-16-4-2-3-5-22(16)27-24(29)19(14-26)12-18-13-20(25)8-11-23(18)32-15-17-6-9-21(10-7-17)28(30)31/h2-13H,15H2,1H3,(H,27,29)/b19-12+. The van der Waals surface area contributed by atoms with Gasteiger partial charge in [0.25, 0.3) is 11.6 Å². The number of ether oxygens (including phenoxy) is 1. The molecule has 7 nitrogen and oxygen atoms in total. The van der Waals surface area contributed by atoms with Crippen LogP contribution in [-0.2, 0) is 11.4 Å². The molecule has 0 saturated heterocycles. The number of halogens is 1. The fourth-order valence-electron chi connectivity index (χ4n) is 2.85. The number of nitro benzene ring substituents is 1. The highest BCUT2D eigenvalue weighted by atomic mass is 35.5. The molecule has 1 amide bonds. The number of carbonyl (C=O) groups excluding carboxylic acids is 1. The van der Waals surface area contributed by atoms with E-state index in [1.807, 2.05) is 25.1 Å². The summed E-state index contributed by atoms with van der Waals surface area (Å²) >= 11 is 6.11. The van der Waals surface area contributed by atoms with Crippen LogP contribution in [-0.4, -0.2) is 10.8 Å². The van der Waals surface area contributed by atoms with Crippen LogP contribution in [0.25, 0.3) is 6.08 Å². The summed E-state index contributed by atoms with van der Waals surface area (Å²) in [4.78, 5) is 22.9. The van der Waals surface area contributed by atoms with Gasteiger partial charge in [-0.2, -0.15) is 5.26 Å². The van der Waals surface area contributed by atoms with Gasteiger partial charge in [-0.25, -0.2) is 0 Å². The predicted molar refractivity (Wildman–Crippen MR) is 122 cm³/mol. The highest BCUT2D eigenvalue weighted by Gasteiger charge is 2.13. The molecule has 0 heterocycles. The highest BCUT2D eigenvalue weighted by molar-refractivity contribution is 6.30. The van der Waals surface area contributed by atoms with Gasteiger partial charge in [0, 0.05) is 28.4 Å². The van der Waals surface area contributed by atoms with Gasteiger partial charge in [-0.3, -0.25) is 14.9 Å². The molecule has 0 saturated carbocycles. The van der Waals surface area contributed by atoms with E-state index >= 15 is 0 Å². The number of rotatable bonds is 7. The Labute approximate surface area is 189 Å². The molecule has 0 unspecified atom stereocenters. The Morgan fingerprint density at radius 3 is 2.56 bits per heavy atom. The zero-order valence-electron chi connectivity index (χ0n) is 17.0. The monoisotopic (exact) mass is 447 g/mol. The van der Waals surface area contributed by atoms with Crippen LogP contribution >= 0.6 is 11.6 Å². The lowest BCUT2D eigenvalue weighted by Gasteiger charge is -2.11. The molecule has 0 aliphatic heterocycles. The van der Waals surface area contributed by atoms with Gasteiger partial charge < -0.3 is 10.1 Å². The molecule has 8 heteroatoms. The molecule has 0 spiro atoms. The molecule has 1 N–H and O–H groups in total. The molecule has 32 heavy (non-hydrogen) atoms. The first-order valence-electron chi connectivity index (χ1n) is 9.52. The summed E-state index contributed by atoms with van der Waals surface area (Å²) in [6, 6.07) is 20.0. The Kier molecular flexibility index (Phi) is 7.21. The van der Waals surface area contributed by atoms with Crippen molar-refractivity contribution in [3.63, 3.8) is 0 Å². The van der Waals surface area contributed by atoms with Crippen LogP contribution in [0.15, 0.2) is 72.3 Å². The topological polar surface area (TPSA) is 105 Å². The molecule has 3 aromatic rings. The van der Waals surface area contributed by atoms with E-state index in [0.29, 0.717) is 22.0 Å². The van der Waals surface area contributed by atoms with E-state index in [9.17, 15) is 20.2 Å². The molecule has 3 aromatic carbocycles. The number of nitrogens with one attached hydrogen (secondary N) is 1. The Hall–Kier alpha value is -4.15. The lowest BCUT2D eigenvalue weighted by atomic mass is 10.1. The van der Waals surface area contributed by atoms with Crippen molar-refractivity contribution in [2.75, 3.05) is 5.32 Å². The van der Waals surface area contributed by atoms with E-state index in [4.69, 9.17) is 16.3 Å². The number of amides is 1. The second kappa shape index (κ2) is 10.2. The van der Waals surface area contributed by atoms with Gasteiger partial charge in [-0.05, 0) is 60.5 Å². The number of nitriles is 1. The summed E-state index contributed by atoms with van der Waals surface area (Å²) in [5.41, 5.74) is 2.53. The Morgan fingerprint density at radius 2 is 1.91 bits per heavy atom. The number of carbonyl (C=O) groups is 1. The first kappa shape index (κ1) is 22.5. The third-order valence-electron chi connectivity index (χ3n) is 4.57. The predicted octanol–water partition coefficient (Wildman–Crippen LogP) is 5.68. The summed E-state index contributed by atoms with van der Waals surface area (Å²) in [5.74, 6) is -0.146. The van der Waals surface area contributed by atoms with Gasteiger partial charge >= 0.3 is 0 Å². The highest BCUT2D eigenvalue weighted by Crippen LogP contribution is 2.27. The Morgan fingerprint density at radius 1 is 1.19 bits per heavy atom. The third kappa shape index (κ3) is 5.72. The molecule has 3 rings (SSSR count). The molecular formula is C24H18ClN3O4. The smallest absolute Gasteiger partial charge is 0.269 e. The molecule has 0 aliphatic carbocycles. The maximum absolute atomic E-state index is 12.6. The second-order valence-corrected chi connectivity index (χ2v) is 7.27. The van der Waals surface area contributed by atoms with Crippen LogP contribution in [0.1, 0.15) is 16.7 Å². The number of benzene rings is 3. The number of aryl methyl sites for hydroxylation is 1. The fourth-order valence-corrected chi connectivity index (χ4v) is 3.03. The average molecular weight is 448 g/mol. The molecule has 160 valence electrons. The zero-order chi connectivity index (χ0) is 23.1. The summed E-state index contributed by atoms with van der Waals surface area (Å²) in [7, 11) is 0. The first-order valence-corrected chi connectivity index (χ1v) is 9.89. The number of anilines is 1. The van der Waals surface area contributed by atoms with Crippen LogP contribution in [0, 0.1) is 28.4 Å². The van der Waals surface area contributed by atoms with E-state index in [0.717, 1.165) is 11.1 Å². The minimum atomic E-state index is -0.553. The molecule has 0 aliphatic rings. The fraction of sp³-hybridized carbons (Fsp3) is 0.0833. The van der Waals surface area contributed by atoms with Crippen molar-refractivity contribution in [3.05, 3.63) is 104 Å². The number of non-ortho nitro benzene ring substituents is 1. The average Bonchev–Trinajstić information content (AvgIpc) is 2.78. The quantitative estimate of drug-likeness (QED) is 0.217. The summed E-state index contributed by atoms with van der Waals surface area (Å²) in [6.07, 6.45) is 1.41. The maximum Gasteiger partial charge on any atom is 0.269 e. The van der Waals surface area contributed by atoms with Gasteiger partial charge in [0.05, 0.1) is 4.92 Å². The largest absolute Gasteiger partial charge is 0.488 e. The van der Waals surface area contributed by atoms with Crippen molar-refractivity contribution in [1.29, 1.82) is 5.26 Å². The van der Waals surface area contributed by atoms with E-state index < -0.39 is 10.8 Å².